The number of benzene rings is 1. The third-order valence-corrected chi connectivity index (χ3v) is 9.46. The highest BCUT2D eigenvalue weighted by molar-refractivity contribution is 6.06. The van der Waals surface area contributed by atoms with Gasteiger partial charge >= 0.3 is 0 Å². The minimum atomic E-state index is -0.481. The first-order valence-electron chi connectivity index (χ1n) is 14.9. The van der Waals surface area contributed by atoms with Crippen molar-refractivity contribution in [2.45, 2.75) is 86.6 Å². The van der Waals surface area contributed by atoms with E-state index in [2.05, 4.69) is 102 Å². The molecule has 0 spiro atoms. The molecule has 4 rings (SSSR count). The van der Waals surface area contributed by atoms with Gasteiger partial charge in [-0.15, -0.1) is 0 Å². The highest BCUT2D eigenvalue weighted by Crippen LogP contribution is 2.45. The second-order valence-electron chi connectivity index (χ2n) is 12.7. The molecular formula is C36H48N2O2. The summed E-state index contributed by atoms with van der Waals surface area (Å²) in [5, 5.41) is 16.5. The zero-order valence-corrected chi connectivity index (χ0v) is 26.0. The number of amides is 1. The van der Waals surface area contributed by atoms with Crippen LogP contribution in [0.5, 0.6) is 0 Å². The molecule has 4 nitrogen and oxygen atoms in total. The normalized spacial score (nSPS) is 26.1. The quantitative estimate of drug-likeness (QED) is 0.302. The van der Waals surface area contributed by atoms with Crippen LogP contribution in [0.25, 0.3) is 0 Å². The SMILES string of the molecule is C=C(NC(C)(C)CO)C1=C(C)C(C)C(C)C(/C=C2\C(=O)NC3=CC(CC)C(c4cc(CC)ccc4C)C=C32)=C1C. The fourth-order valence-corrected chi connectivity index (χ4v) is 6.58. The molecule has 1 saturated heterocycles. The lowest BCUT2D eigenvalue weighted by atomic mass is 9.72. The zero-order valence-electron chi connectivity index (χ0n) is 26.0. The Morgan fingerprint density at radius 1 is 1.12 bits per heavy atom. The van der Waals surface area contributed by atoms with E-state index in [1.807, 2.05) is 13.8 Å². The zero-order chi connectivity index (χ0) is 29.5. The first-order chi connectivity index (χ1) is 18.8. The van der Waals surface area contributed by atoms with Crippen LogP contribution in [0.15, 0.2) is 87.8 Å². The van der Waals surface area contributed by atoms with Gasteiger partial charge < -0.3 is 15.7 Å². The summed E-state index contributed by atoms with van der Waals surface area (Å²) in [7, 11) is 0. The molecule has 214 valence electrons. The summed E-state index contributed by atoms with van der Waals surface area (Å²) in [5.41, 5.74) is 11.7. The van der Waals surface area contributed by atoms with Gasteiger partial charge in [-0.2, -0.15) is 0 Å². The Bertz CT molecular complexity index is 1380. The smallest absolute Gasteiger partial charge is 0.256 e. The van der Waals surface area contributed by atoms with Crippen molar-refractivity contribution in [2.24, 2.45) is 17.8 Å². The average molecular weight is 541 g/mol. The van der Waals surface area contributed by atoms with Gasteiger partial charge in [0.1, 0.15) is 0 Å². The lowest BCUT2D eigenvalue weighted by Gasteiger charge is -2.36. The molecular weight excluding hydrogens is 492 g/mol. The summed E-state index contributed by atoms with van der Waals surface area (Å²) in [4.78, 5) is 13.5. The van der Waals surface area contributed by atoms with E-state index in [0.717, 1.165) is 46.5 Å². The van der Waals surface area contributed by atoms with Gasteiger partial charge in [-0.05, 0) is 105 Å². The highest BCUT2D eigenvalue weighted by atomic mass is 16.3. The molecule has 2 aliphatic carbocycles. The van der Waals surface area contributed by atoms with E-state index in [1.54, 1.807) is 0 Å². The van der Waals surface area contributed by atoms with Crippen LogP contribution < -0.4 is 10.6 Å². The van der Waals surface area contributed by atoms with E-state index in [9.17, 15) is 9.90 Å². The lowest BCUT2D eigenvalue weighted by Crippen LogP contribution is -2.42. The second-order valence-corrected chi connectivity index (χ2v) is 12.7. The van der Waals surface area contributed by atoms with Crippen molar-refractivity contribution in [1.29, 1.82) is 0 Å². The van der Waals surface area contributed by atoms with Crippen LogP contribution in [-0.4, -0.2) is 23.2 Å². The first kappa shape index (κ1) is 29.9. The van der Waals surface area contributed by atoms with Crippen LogP contribution in [0, 0.1) is 24.7 Å². The summed E-state index contributed by atoms with van der Waals surface area (Å²) in [5.74, 6) is 1.07. The summed E-state index contributed by atoms with van der Waals surface area (Å²) < 4.78 is 0. The largest absolute Gasteiger partial charge is 0.394 e. The molecule has 4 atom stereocenters. The first-order valence-corrected chi connectivity index (χ1v) is 14.9. The molecule has 1 fully saturated rings. The van der Waals surface area contributed by atoms with Gasteiger partial charge in [0.05, 0.1) is 12.1 Å². The maximum Gasteiger partial charge on any atom is 0.256 e. The molecule has 1 amide bonds. The maximum atomic E-state index is 13.5. The maximum absolute atomic E-state index is 13.5. The summed E-state index contributed by atoms with van der Waals surface area (Å²) in [6, 6.07) is 6.82. The van der Waals surface area contributed by atoms with E-state index in [0.29, 0.717) is 5.92 Å². The third kappa shape index (κ3) is 5.43. The van der Waals surface area contributed by atoms with Crippen LogP contribution in [0.4, 0.5) is 0 Å². The van der Waals surface area contributed by atoms with Gasteiger partial charge in [0, 0.05) is 28.5 Å². The summed E-state index contributed by atoms with van der Waals surface area (Å²) in [6.07, 6.45) is 8.77. The standard InChI is InChI=1S/C36H48N2O2/c1-11-26-14-13-20(3)28(15-26)30-18-31-32(35(40)37-33(31)16-27(30)12-2)17-29-22(5)21(4)23(6)34(24(29)7)25(8)38-36(9,10)19-39/h13-18,21-22,27,30,38-39H,8,11-12,19H2,1-7,9-10H3,(H,37,40)/b32-17-. The highest BCUT2D eigenvalue weighted by Gasteiger charge is 2.36. The number of rotatable bonds is 8. The van der Waals surface area contributed by atoms with Crippen molar-refractivity contribution in [1.82, 2.24) is 10.6 Å². The van der Waals surface area contributed by atoms with Gasteiger partial charge in [0.15, 0.2) is 0 Å². The molecule has 1 aliphatic heterocycles. The number of fused-ring (bicyclic) bond motifs is 1. The van der Waals surface area contributed by atoms with E-state index >= 15 is 0 Å². The van der Waals surface area contributed by atoms with Crippen LogP contribution in [0.3, 0.4) is 0 Å². The Balaban J connectivity index is 1.82. The topological polar surface area (TPSA) is 61.4 Å². The molecule has 3 aliphatic rings. The molecule has 0 aromatic heterocycles. The predicted molar refractivity (Wildman–Crippen MR) is 167 cm³/mol. The average Bonchev–Trinajstić information content (AvgIpc) is 3.22. The molecule has 0 radical (unpaired) electrons. The van der Waals surface area contributed by atoms with E-state index in [4.69, 9.17) is 0 Å². The van der Waals surface area contributed by atoms with E-state index < -0.39 is 5.54 Å². The number of hydrogen-bond acceptors (Lipinski definition) is 3. The number of aliphatic hydroxyl groups excluding tert-OH is 1. The molecule has 1 heterocycles. The van der Waals surface area contributed by atoms with Crippen LogP contribution in [-0.2, 0) is 11.2 Å². The molecule has 3 N–H and O–H groups in total. The van der Waals surface area contributed by atoms with Crippen molar-refractivity contribution in [3.05, 3.63) is 105 Å². The van der Waals surface area contributed by atoms with Gasteiger partial charge in [-0.1, -0.05) is 70.2 Å². The minimum Gasteiger partial charge on any atom is -0.394 e. The van der Waals surface area contributed by atoms with Crippen LogP contribution in [0.1, 0.15) is 84.4 Å². The molecule has 40 heavy (non-hydrogen) atoms. The fraction of sp³-hybridized carbons (Fsp3) is 0.472. The number of aryl methyl sites for hydroxylation is 2. The van der Waals surface area contributed by atoms with Crippen molar-refractivity contribution in [3.8, 4) is 0 Å². The fourth-order valence-electron chi connectivity index (χ4n) is 6.58. The number of carbonyl (C=O) groups is 1. The number of aliphatic hydroxyl groups is 1. The number of allylic oxidation sites excluding steroid dienone is 7. The molecule has 0 bridgehead atoms. The van der Waals surface area contributed by atoms with Crippen molar-refractivity contribution < 1.29 is 9.90 Å². The number of carbonyl (C=O) groups excluding carboxylic acids is 1. The van der Waals surface area contributed by atoms with Crippen molar-refractivity contribution >= 4 is 5.91 Å². The molecule has 4 unspecified atom stereocenters. The molecule has 1 aromatic rings. The number of hydrogen-bond donors (Lipinski definition) is 3. The Labute approximate surface area is 241 Å². The van der Waals surface area contributed by atoms with Crippen molar-refractivity contribution in [3.63, 3.8) is 0 Å². The number of nitrogens with one attached hydrogen (secondary N) is 2. The Morgan fingerprint density at radius 2 is 1.82 bits per heavy atom. The second kappa shape index (κ2) is 11.4. The molecule has 4 heteroatoms. The monoisotopic (exact) mass is 540 g/mol. The van der Waals surface area contributed by atoms with Gasteiger partial charge in [0.2, 0.25) is 0 Å². The Kier molecular flexibility index (Phi) is 8.52. The van der Waals surface area contributed by atoms with Crippen molar-refractivity contribution in [2.75, 3.05) is 6.61 Å². The predicted octanol–water partition coefficient (Wildman–Crippen LogP) is 7.34. The Hall–Kier alpha value is -3.11. The van der Waals surface area contributed by atoms with Crippen LogP contribution in [0.2, 0.25) is 0 Å². The molecule has 1 aromatic carbocycles. The van der Waals surface area contributed by atoms with Gasteiger partial charge in [-0.25, -0.2) is 0 Å². The lowest BCUT2D eigenvalue weighted by molar-refractivity contribution is -0.115. The van der Waals surface area contributed by atoms with Gasteiger partial charge in [-0.3, -0.25) is 4.79 Å². The van der Waals surface area contributed by atoms with Gasteiger partial charge in [0.25, 0.3) is 5.91 Å². The molecule has 0 saturated carbocycles. The summed E-state index contributed by atoms with van der Waals surface area (Å²) in [6.45, 7) is 23.8. The Morgan fingerprint density at radius 3 is 2.45 bits per heavy atom. The summed E-state index contributed by atoms with van der Waals surface area (Å²) >= 11 is 0. The third-order valence-electron chi connectivity index (χ3n) is 9.46. The minimum absolute atomic E-state index is 0.00791. The van der Waals surface area contributed by atoms with E-state index in [-0.39, 0.29) is 30.3 Å². The van der Waals surface area contributed by atoms with E-state index in [1.165, 1.54) is 27.8 Å². The van der Waals surface area contributed by atoms with Crippen LogP contribution >= 0.6 is 0 Å².